The van der Waals surface area contributed by atoms with Crippen LogP contribution in [0.3, 0.4) is 0 Å². The maximum absolute atomic E-state index is 12.4. The van der Waals surface area contributed by atoms with Crippen LogP contribution in [0, 0.1) is 11.8 Å². The molecule has 136 valence electrons. The predicted octanol–water partition coefficient (Wildman–Crippen LogP) is 1.89. The highest BCUT2D eigenvalue weighted by atomic mass is 16.6. The zero-order valence-corrected chi connectivity index (χ0v) is 15.1. The number of allylic oxidation sites excluding steroid dienone is 1. The Bertz CT molecular complexity index is 498. The summed E-state index contributed by atoms with van der Waals surface area (Å²) in [6.45, 7) is 12.3. The Morgan fingerprint density at radius 1 is 1.33 bits per heavy atom. The summed E-state index contributed by atoms with van der Waals surface area (Å²) in [6, 6.07) is 0. The first-order valence-corrected chi connectivity index (χ1v) is 9.01. The lowest BCUT2D eigenvalue weighted by Crippen LogP contribution is -2.40. The average molecular weight is 337 g/mol. The Morgan fingerprint density at radius 2 is 2.00 bits per heavy atom. The van der Waals surface area contributed by atoms with E-state index in [0.29, 0.717) is 31.4 Å². The van der Waals surface area contributed by atoms with Crippen molar-refractivity contribution >= 4 is 5.97 Å². The second kappa shape index (κ2) is 8.28. The number of carbonyl (C=O) groups is 1. The van der Waals surface area contributed by atoms with Crippen molar-refractivity contribution in [2.75, 3.05) is 19.6 Å². The predicted molar refractivity (Wildman–Crippen MR) is 93.4 cm³/mol. The molecule has 5 nitrogen and oxygen atoms in total. The number of aliphatic hydroxyl groups is 2. The van der Waals surface area contributed by atoms with E-state index in [4.69, 9.17) is 4.74 Å². The van der Waals surface area contributed by atoms with Crippen LogP contribution in [0.2, 0.25) is 0 Å². The lowest BCUT2D eigenvalue weighted by Gasteiger charge is -2.29. The number of ether oxygens (including phenoxy) is 1. The first kappa shape index (κ1) is 19.2. The third-order valence-electron chi connectivity index (χ3n) is 5.41. The van der Waals surface area contributed by atoms with E-state index >= 15 is 0 Å². The summed E-state index contributed by atoms with van der Waals surface area (Å²) >= 11 is 0. The van der Waals surface area contributed by atoms with Gasteiger partial charge < -0.3 is 19.8 Å². The summed E-state index contributed by atoms with van der Waals surface area (Å²) in [6.07, 6.45) is 1.81. The fourth-order valence-corrected chi connectivity index (χ4v) is 3.77. The van der Waals surface area contributed by atoms with E-state index in [9.17, 15) is 15.0 Å². The van der Waals surface area contributed by atoms with Crippen molar-refractivity contribution in [2.45, 2.75) is 58.3 Å². The van der Waals surface area contributed by atoms with Gasteiger partial charge in [0.2, 0.25) is 0 Å². The van der Waals surface area contributed by atoms with Crippen LogP contribution in [0.1, 0.15) is 40.0 Å². The van der Waals surface area contributed by atoms with E-state index in [1.807, 2.05) is 13.0 Å². The van der Waals surface area contributed by atoms with E-state index < -0.39 is 18.3 Å². The minimum Gasteiger partial charge on any atom is -0.461 e. The van der Waals surface area contributed by atoms with Crippen LogP contribution in [0.4, 0.5) is 0 Å². The zero-order valence-electron chi connectivity index (χ0n) is 15.1. The number of hydrogen-bond donors (Lipinski definition) is 2. The van der Waals surface area contributed by atoms with Crippen LogP contribution in [-0.4, -0.2) is 59.0 Å². The van der Waals surface area contributed by atoms with Gasteiger partial charge in [-0.15, -0.1) is 0 Å². The molecule has 5 atom stereocenters. The Kier molecular flexibility index (Phi) is 6.61. The minimum absolute atomic E-state index is 0.247. The molecule has 0 amide bonds. The summed E-state index contributed by atoms with van der Waals surface area (Å²) in [5.74, 6) is -0.892. The third kappa shape index (κ3) is 4.26. The standard InChI is InChI=1S/C19H31NO4/c1-5-20(6-2)11-14-18-16(22)9-12(3)7-8-15(21)13(4)10-17(18)24-19(14)23/h9,14-18,21-22H,4-8,10-11H2,1-3H3/b12-9+/t14-,15-,16+,17-,18-/m0/s1. The molecule has 0 saturated carbocycles. The molecule has 1 aliphatic carbocycles. The van der Waals surface area contributed by atoms with Crippen molar-refractivity contribution in [3.8, 4) is 0 Å². The van der Waals surface area contributed by atoms with Crippen molar-refractivity contribution in [1.29, 1.82) is 0 Å². The molecular formula is C19H31NO4. The molecule has 0 bridgehead atoms. The third-order valence-corrected chi connectivity index (χ3v) is 5.41. The molecule has 1 aliphatic heterocycles. The first-order valence-electron chi connectivity index (χ1n) is 9.01. The Morgan fingerprint density at radius 3 is 2.62 bits per heavy atom. The number of aliphatic hydroxyl groups excluding tert-OH is 2. The fourth-order valence-electron chi connectivity index (χ4n) is 3.77. The van der Waals surface area contributed by atoms with Crippen molar-refractivity contribution in [3.63, 3.8) is 0 Å². The van der Waals surface area contributed by atoms with Crippen LogP contribution in [0.5, 0.6) is 0 Å². The van der Waals surface area contributed by atoms with Gasteiger partial charge in [-0.1, -0.05) is 32.1 Å². The molecule has 1 fully saturated rings. The van der Waals surface area contributed by atoms with E-state index in [-0.39, 0.29) is 17.8 Å². The van der Waals surface area contributed by atoms with Gasteiger partial charge in [0.15, 0.2) is 0 Å². The number of nitrogens with zero attached hydrogens (tertiary/aromatic N) is 1. The molecule has 2 aliphatic rings. The molecule has 24 heavy (non-hydrogen) atoms. The van der Waals surface area contributed by atoms with Gasteiger partial charge in [0.05, 0.1) is 18.1 Å². The summed E-state index contributed by atoms with van der Waals surface area (Å²) < 4.78 is 5.60. The normalized spacial score (nSPS) is 36.9. The molecule has 1 saturated heterocycles. The second-order valence-electron chi connectivity index (χ2n) is 7.07. The largest absolute Gasteiger partial charge is 0.461 e. The molecule has 0 aromatic carbocycles. The molecule has 1 heterocycles. The van der Waals surface area contributed by atoms with Crippen LogP contribution in [-0.2, 0) is 9.53 Å². The molecule has 0 aromatic heterocycles. The van der Waals surface area contributed by atoms with Crippen molar-refractivity contribution in [2.24, 2.45) is 11.8 Å². The van der Waals surface area contributed by atoms with E-state index in [1.54, 1.807) is 0 Å². The molecule has 2 rings (SSSR count). The second-order valence-corrected chi connectivity index (χ2v) is 7.07. The van der Waals surface area contributed by atoms with Gasteiger partial charge in [-0.25, -0.2) is 0 Å². The summed E-state index contributed by atoms with van der Waals surface area (Å²) in [5, 5.41) is 21.0. The molecule has 2 N–H and O–H groups in total. The topological polar surface area (TPSA) is 70.0 Å². The van der Waals surface area contributed by atoms with Crippen molar-refractivity contribution < 1.29 is 19.7 Å². The quantitative estimate of drug-likeness (QED) is 0.606. The highest BCUT2D eigenvalue weighted by Crippen LogP contribution is 2.37. The lowest BCUT2D eigenvalue weighted by atomic mass is 9.80. The van der Waals surface area contributed by atoms with Gasteiger partial charge in [-0.3, -0.25) is 4.79 Å². The maximum Gasteiger partial charge on any atom is 0.311 e. The summed E-state index contributed by atoms with van der Waals surface area (Å²) in [5.41, 5.74) is 1.71. The van der Waals surface area contributed by atoms with E-state index in [2.05, 4.69) is 25.3 Å². The molecular weight excluding hydrogens is 306 g/mol. The summed E-state index contributed by atoms with van der Waals surface area (Å²) in [4.78, 5) is 14.6. The lowest BCUT2D eigenvalue weighted by molar-refractivity contribution is -0.144. The summed E-state index contributed by atoms with van der Waals surface area (Å²) in [7, 11) is 0. The Hall–Kier alpha value is -1.17. The van der Waals surface area contributed by atoms with Crippen molar-refractivity contribution in [1.82, 2.24) is 4.90 Å². The Labute approximate surface area is 145 Å². The monoisotopic (exact) mass is 337 g/mol. The number of rotatable bonds is 4. The van der Waals surface area contributed by atoms with Crippen LogP contribution < -0.4 is 0 Å². The smallest absolute Gasteiger partial charge is 0.311 e. The molecule has 0 radical (unpaired) electrons. The average Bonchev–Trinajstić information content (AvgIpc) is 2.84. The van der Waals surface area contributed by atoms with Gasteiger partial charge in [-0.2, -0.15) is 0 Å². The van der Waals surface area contributed by atoms with Crippen molar-refractivity contribution in [3.05, 3.63) is 23.8 Å². The van der Waals surface area contributed by atoms with Crippen LogP contribution in [0.25, 0.3) is 0 Å². The number of hydrogen-bond acceptors (Lipinski definition) is 5. The highest BCUT2D eigenvalue weighted by Gasteiger charge is 2.48. The van der Waals surface area contributed by atoms with Crippen LogP contribution in [0.15, 0.2) is 23.8 Å². The SMILES string of the molecule is C=C1C[C@@H]2OC(=O)[C@@H](CN(CC)CC)[C@H]2[C@H](O)/C=C(\C)CC[C@@H]1O. The molecule has 5 heteroatoms. The van der Waals surface area contributed by atoms with E-state index in [0.717, 1.165) is 18.7 Å². The van der Waals surface area contributed by atoms with Gasteiger partial charge in [-0.05, 0) is 38.4 Å². The zero-order chi connectivity index (χ0) is 17.9. The maximum atomic E-state index is 12.4. The van der Waals surface area contributed by atoms with Gasteiger partial charge >= 0.3 is 5.97 Å². The number of fused-ring (bicyclic) bond motifs is 1. The van der Waals surface area contributed by atoms with Crippen LogP contribution >= 0.6 is 0 Å². The van der Waals surface area contributed by atoms with Gasteiger partial charge in [0, 0.05) is 18.9 Å². The minimum atomic E-state index is -0.718. The molecule has 0 unspecified atom stereocenters. The van der Waals surface area contributed by atoms with Gasteiger partial charge in [0.25, 0.3) is 0 Å². The molecule has 0 spiro atoms. The van der Waals surface area contributed by atoms with E-state index in [1.165, 1.54) is 0 Å². The van der Waals surface area contributed by atoms with Gasteiger partial charge in [0.1, 0.15) is 6.10 Å². The number of carbonyl (C=O) groups excluding carboxylic acids is 1. The Balaban J connectivity index is 2.29. The number of esters is 1. The fraction of sp³-hybridized carbons (Fsp3) is 0.737. The molecule has 0 aromatic rings. The first-order chi connectivity index (χ1) is 11.4. The highest BCUT2D eigenvalue weighted by molar-refractivity contribution is 5.76.